The lowest BCUT2D eigenvalue weighted by Crippen LogP contribution is -2.18. The molecule has 3 rings (SSSR count). The van der Waals surface area contributed by atoms with Crippen LogP contribution in [0.5, 0.6) is 0 Å². The maximum absolute atomic E-state index is 13.7. The van der Waals surface area contributed by atoms with E-state index in [0.717, 1.165) is 0 Å². The van der Waals surface area contributed by atoms with Crippen molar-refractivity contribution in [2.45, 2.75) is 37.5 Å². The first-order valence-electron chi connectivity index (χ1n) is 9.31. The molecule has 0 heterocycles. The molecule has 0 spiro atoms. The number of hydrogen-bond acceptors (Lipinski definition) is 4. The van der Waals surface area contributed by atoms with Gasteiger partial charge in [-0.3, -0.25) is 9.59 Å². The lowest BCUT2D eigenvalue weighted by Gasteiger charge is -2.23. The molecule has 1 aliphatic rings. The van der Waals surface area contributed by atoms with E-state index < -0.39 is 29.4 Å². The average molecular weight is 395 g/mol. The lowest BCUT2D eigenvalue weighted by atomic mass is 9.80. The van der Waals surface area contributed by atoms with Gasteiger partial charge in [-0.25, -0.2) is 8.78 Å². The van der Waals surface area contributed by atoms with Crippen molar-refractivity contribution in [2.75, 3.05) is 0 Å². The first-order valence-corrected chi connectivity index (χ1v) is 9.31. The Morgan fingerprint density at radius 2 is 1.83 bits per heavy atom. The predicted octanol–water partition coefficient (Wildman–Crippen LogP) is 4.93. The molecule has 4 nitrogen and oxygen atoms in total. The zero-order valence-corrected chi connectivity index (χ0v) is 15.6. The number of esters is 1. The molecule has 148 valence electrons. The molecule has 2 unspecified atom stereocenters. The number of ketones is 1. The van der Waals surface area contributed by atoms with Crippen LogP contribution in [-0.4, -0.2) is 11.8 Å². The maximum Gasteiger partial charge on any atom is 0.311 e. The SMILES string of the molecule is N#CC(c1cccc(F)c1)C(CC(=O)OC1=CC(=O)CCC1)c1ccc(F)cc1. The molecule has 0 saturated carbocycles. The number of carbonyl (C=O) groups is 2. The van der Waals surface area contributed by atoms with E-state index in [0.29, 0.717) is 36.1 Å². The van der Waals surface area contributed by atoms with Crippen LogP contribution in [-0.2, 0) is 14.3 Å². The summed E-state index contributed by atoms with van der Waals surface area (Å²) in [5.41, 5.74) is 0.981. The minimum absolute atomic E-state index is 0.0937. The van der Waals surface area contributed by atoms with Crippen molar-refractivity contribution in [3.8, 4) is 6.07 Å². The first kappa shape index (κ1) is 20.4. The van der Waals surface area contributed by atoms with Crippen molar-refractivity contribution in [1.82, 2.24) is 0 Å². The minimum Gasteiger partial charge on any atom is -0.431 e. The molecule has 0 fully saturated rings. The fourth-order valence-electron chi connectivity index (χ4n) is 3.44. The Kier molecular flexibility index (Phi) is 6.50. The number of nitrogens with zero attached hydrogens (tertiary/aromatic N) is 1. The van der Waals surface area contributed by atoms with Gasteiger partial charge in [-0.2, -0.15) is 5.26 Å². The van der Waals surface area contributed by atoms with E-state index in [4.69, 9.17) is 4.74 Å². The predicted molar refractivity (Wildman–Crippen MR) is 102 cm³/mol. The van der Waals surface area contributed by atoms with Crippen LogP contribution in [0.2, 0.25) is 0 Å². The van der Waals surface area contributed by atoms with Gasteiger partial charge in [0.2, 0.25) is 0 Å². The number of allylic oxidation sites excluding steroid dienone is 2. The number of halogens is 2. The van der Waals surface area contributed by atoms with E-state index in [1.165, 1.54) is 48.5 Å². The molecule has 0 aliphatic heterocycles. The van der Waals surface area contributed by atoms with Crippen LogP contribution in [0.3, 0.4) is 0 Å². The van der Waals surface area contributed by atoms with Crippen molar-refractivity contribution < 1.29 is 23.1 Å². The molecule has 6 heteroatoms. The molecule has 0 radical (unpaired) electrons. The summed E-state index contributed by atoms with van der Waals surface area (Å²) in [7, 11) is 0. The Hall–Kier alpha value is -3.33. The molecule has 2 aromatic carbocycles. The van der Waals surface area contributed by atoms with Gasteiger partial charge in [0.1, 0.15) is 17.4 Å². The van der Waals surface area contributed by atoms with Gasteiger partial charge in [0.15, 0.2) is 5.78 Å². The zero-order valence-electron chi connectivity index (χ0n) is 15.6. The summed E-state index contributed by atoms with van der Waals surface area (Å²) in [5.74, 6) is -2.83. The first-order chi connectivity index (χ1) is 14.0. The van der Waals surface area contributed by atoms with Gasteiger partial charge in [-0.1, -0.05) is 24.3 Å². The van der Waals surface area contributed by atoms with E-state index in [1.807, 2.05) is 0 Å². The van der Waals surface area contributed by atoms with Crippen LogP contribution >= 0.6 is 0 Å². The summed E-state index contributed by atoms with van der Waals surface area (Å²) in [5, 5.41) is 9.77. The highest BCUT2D eigenvalue weighted by molar-refractivity contribution is 5.91. The molecular weight excluding hydrogens is 376 g/mol. The van der Waals surface area contributed by atoms with Gasteiger partial charge >= 0.3 is 5.97 Å². The number of hydrogen-bond donors (Lipinski definition) is 0. The zero-order chi connectivity index (χ0) is 20.8. The second kappa shape index (κ2) is 9.24. The van der Waals surface area contributed by atoms with Crippen molar-refractivity contribution in [3.63, 3.8) is 0 Å². The highest BCUT2D eigenvalue weighted by Gasteiger charge is 2.29. The average Bonchev–Trinajstić information content (AvgIpc) is 2.68. The van der Waals surface area contributed by atoms with Crippen LogP contribution in [0, 0.1) is 23.0 Å². The molecule has 0 N–H and O–H groups in total. The Balaban J connectivity index is 1.88. The third kappa shape index (κ3) is 5.35. The molecule has 2 aromatic rings. The van der Waals surface area contributed by atoms with E-state index in [9.17, 15) is 23.6 Å². The Morgan fingerprint density at radius 1 is 1.07 bits per heavy atom. The smallest absolute Gasteiger partial charge is 0.311 e. The van der Waals surface area contributed by atoms with Gasteiger partial charge < -0.3 is 4.74 Å². The van der Waals surface area contributed by atoms with E-state index in [-0.39, 0.29) is 12.2 Å². The van der Waals surface area contributed by atoms with Gasteiger partial charge in [0.25, 0.3) is 0 Å². The van der Waals surface area contributed by atoms with Gasteiger partial charge in [-0.15, -0.1) is 0 Å². The topological polar surface area (TPSA) is 67.2 Å². The Morgan fingerprint density at radius 3 is 2.48 bits per heavy atom. The third-order valence-electron chi connectivity index (χ3n) is 4.85. The summed E-state index contributed by atoms with van der Waals surface area (Å²) < 4.78 is 32.4. The quantitative estimate of drug-likeness (QED) is 0.651. The van der Waals surface area contributed by atoms with Crippen molar-refractivity contribution in [3.05, 3.63) is 83.1 Å². The van der Waals surface area contributed by atoms with Crippen LogP contribution in [0.25, 0.3) is 0 Å². The van der Waals surface area contributed by atoms with E-state index in [2.05, 4.69) is 6.07 Å². The van der Waals surface area contributed by atoms with Crippen molar-refractivity contribution >= 4 is 11.8 Å². The maximum atomic E-state index is 13.7. The standard InChI is InChI=1S/C23H19F2NO3/c24-17-9-7-15(8-10-17)21(22(14-26)16-3-1-4-18(25)11-16)13-23(28)29-20-6-2-5-19(27)12-20/h1,3-4,7-12,21-22H,2,5-6,13H2. The van der Waals surface area contributed by atoms with Gasteiger partial charge in [0.05, 0.1) is 18.4 Å². The highest BCUT2D eigenvalue weighted by atomic mass is 19.1. The van der Waals surface area contributed by atoms with Crippen LogP contribution in [0.4, 0.5) is 8.78 Å². The van der Waals surface area contributed by atoms with E-state index >= 15 is 0 Å². The largest absolute Gasteiger partial charge is 0.431 e. The number of rotatable bonds is 6. The van der Waals surface area contributed by atoms with Crippen molar-refractivity contribution in [2.24, 2.45) is 0 Å². The summed E-state index contributed by atoms with van der Waals surface area (Å²) >= 11 is 0. The fraction of sp³-hybridized carbons (Fsp3) is 0.261. The second-order valence-electron chi connectivity index (χ2n) is 6.93. The third-order valence-corrected chi connectivity index (χ3v) is 4.85. The van der Waals surface area contributed by atoms with Crippen LogP contribution in [0.1, 0.15) is 48.6 Å². The summed E-state index contributed by atoms with van der Waals surface area (Å²) in [6.45, 7) is 0. The van der Waals surface area contributed by atoms with Gasteiger partial charge in [-0.05, 0) is 41.8 Å². The van der Waals surface area contributed by atoms with Crippen LogP contribution in [0.15, 0.2) is 60.4 Å². The highest BCUT2D eigenvalue weighted by Crippen LogP contribution is 2.36. The summed E-state index contributed by atoms with van der Waals surface area (Å²) in [4.78, 5) is 24.1. The van der Waals surface area contributed by atoms with Gasteiger partial charge in [0, 0.05) is 24.8 Å². The molecule has 0 saturated heterocycles. The summed E-state index contributed by atoms with van der Waals surface area (Å²) in [6.07, 6.45) is 2.68. The number of nitriles is 1. The monoisotopic (exact) mass is 395 g/mol. The normalized spacial score (nSPS) is 15.8. The number of benzene rings is 2. The molecule has 2 atom stereocenters. The molecule has 0 bridgehead atoms. The van der Waals surface area contributed by atoms with Crippen molar-refractivity contribution in [1.29, 1.82) is 5.26 Å². The fourth-order valence-corrected chi connectivity index (χ4v) is 3.44. The summed E-state index contributed by atoms with van der Waals surface area (Å²) in [6, 6.07) is 13.3. The lowest BCUT2D eigenvalue weighted by molar-refractivity contribution is -0.140. The minimum atomic E-state index is -0.842. The molecule has 0 amide bonds. The Bertz CT molecular complexity index is 976. The molecular formula is C23H19F2NO3. The van der Waals surface area contributed by atoms with E-state index in [1.54, 1.807) is 6.07 Å². The molecule has 1 aliphatic carbocycles. The number of carbonyl (C=O) groups excluding carboxylic acids is 2. The molecule has 29 heavy (non-hydrogen) atoms. The van der Waals surface area contributed by atoms with Crippen LogP contribution < -0.4 is 0 Å². The molecule has 0 aromatic heterocycles. The number of ether oxygens (including phenoxy) is 1. The second-order valence-corrected chi connectivity index (χ2v) is 6.93. The Labute approximate surface area is 167 Å².